The molecule has 1 saturated carbocycles. The average molecular weight is 288 g/mol. The smallest absolute Gasteiger partial charge is 0.248 e. The highest BCUT2D eigenvalue weighted by molar-refractivity contribution is 5.90. The second kappa shape index (κ2) is 5.48. The minimum Gasteiger partial charge on any atom is -0.367 e. The number of rotatable bonds is 3. The monoisotopic (exact) mass is 288 g/mol. The molecule has 1 saturated heterocycles. The second-order valence-corrected chi connectivity index (χ2v) is 5.81. The third-order valence-corrected chi connectivity index (χ3v) is 4.61. The van der Waals surface area contributed by atoms with Crippen LogP contribution in [0.4, 0.5) is 0 Å². The third kappa shape index (κ3) is 2.42. The molecule has 21 heavy (non-hydrogen) atoms. The van der Waals surface area contributed by atoms with E-state index in [9.17, 15) is 9.59 Å². The van der Waals surface area contributed by atoms with E-state index in [2.05, 4.69) is 0 Å². The Morgan fingerprint density at radius 1 is 1.24 bits per heavy atom. The molecule has 0 aromatic heterocycles. The molecule has 1 aliphatic carbocycles. The number of primary amides is 1. The number of morpholine rings is 1. The summed E-state index contributed by atoms with van der Waals surface area (Å²) >= 11 is 0. The zero-order valence-corrected chi connectivity index (χ0v) is 12.0. The SMILES string of the molecule is NC(=O)C1CN(C(=O)C2(c3ccccc3)CCC2)CCO1. The molecular formula is C16H20N2O3. The molecule has 5 heteroatoms. The molecule has 2 amide bonds. The van der Waals surface area contributed by atoms with Gasteiger partial charge in [0.2, 0.25) is 11.8 Å². The van der Waals surface area contributed by atoms with Crippen molar-refractivity contribution in [1.29, 1.82) is 0 Å². The molecule has 1 atom stereocenters. The quantitative estimate of drug-likeness (QED) is 0.895. The molecule has 1 aromatic rings. The fourth-order valence-corrected chi connectivity index (χ4v) is 3.22. The average Bonchev–Trinajstić information content (AvgIpc) is 2.47. The van der Waals surface area contributed by atoms with Gasteiger partial charge in [-0.2, -0.15) is 0 Å². The van der Waals surface area contributed by atoms with Crippen LogP contribution in [0.15, 0.2) is 30.3 Å². The van der Waals surface area contributed by atoms with Gasteiger partial charge in [0.25, 0.3) is 0 Å². The van der Waals surface area contributed by atoms with Crippen molar-refractivity contribution in [2.75, 3.05) is 19.7 Å². The van der Waals surface area contributed by atoms with Gasteiger partial charge >= 0.3 is 0 Å². The lowest BCUT2D eigenvalue weighted by Gasteiger charge is -2.45. The Labute approximate surface area is 124 Å². The Balaban J connectivity index is 1.81. The first-order chi connectivity index (χ1) is 10.1. The number of hydrogen-bond acceptors (Lipinski definition) is 3. The van der Waals surface area contributed by atoms with E-state index in [4.69, 9.17) is 10.5 Å². The molecule has 1 unspecified atom stereocenters. The topological polar surface area (TPSA) is 72.6 Å². The lowest BCUT2D eigenvalue weighted by atomic mass is 9.63. The summed E-state index contributed by atoms with van der Waals surface area (Å²) in [5.41, 5.74) is 5.95. The molecule has 0 bridgehead atoms. The molecule has 2 aliphatic rings. The fraction of sp³-hybridized carbons (Fsp3) is 0.500. The maximum Gasteiger partial charge on any atom is 0.248 e. The van der Waals surface area contributed by atoms with Gasteiger partial charge in [-0.1, -0.05) is 36.8 Å². The Bertz CT molecular complexity index is 540. The predicted octanol–water partition coefficient (Wildman–Crippen LogP) is 0.821. The summed E-state index contributed by atoms with van der Waals surface area (Å²) in [6, 6.07) is 9.92. The van der Waals surface area contributed by atoms with Crippen molar-refractivity contribution < 1.29 is 14.3 Å². The van der Waals surface area contributed by atoms with E-state index in [1.165, 1.54) is 0 Å². The van der Waals surface area contributed by atoms with Gasteiger partial charge in [0.1, 0.15) is 0 Å². The maximum atomic E-state index is 13.0. The van der Waals surface area contributed by atoms with Gasteiger partial charge in [0, 0.05) is 6.54 Å². The lowest BCUT2D eigenvalue weighted by Crippen LogP contribution is -2.57. The molecule has 1 aliphatic heterocycles. The summed E-state index contributed by atoms with van der Waals surface area (Å²) in [6.07, 6.45) is 2.11. The molecule has 3 rings (SSSR count). The Kier molecular flexibility index (Phi) is 3.68. The maximum absolute atomic E-state index is 13.0. The van der Waals surface area contributed by atoms with Crippen molar-refractivity contribution >= 4 is 11.8 Å². The number of benzene rings is 1. The van der Waals surface area contributed by atoms with E-state index in [-0.39, 0.29) is 12.5 Å². The molecule has 0 spiro atoms. The highest BCUT2D eigenvalue weighted by atomic mass is 16.5. The molecule has 112 valence electrons. The second-order valence-electron chi connectivity index (χ2n) is 5.81. The van der Waals surface area contributed by atoms with Gasteiger partial charge in [0.15, 0.2) is 6.10 Å². The van der Waals surface area contributed by atoms with Gasteiger partial charge in [-0.3, -0.25) is 9.59 Å². The van der Waals surface area contributed by atoms with Crippen LogP contribution >= 0.6 is 0 Å². The van der Waals surface area contributed by atoms with Crippen LogP contribution in [0.2, 0.25) is 0 Å². The van der Waals surface area contributed by atoms with E-state index in [0.29, 0.717) is 13.2 Å². The zero-order valence-electron chi connectivity index (χ0n) is 12.0. The summed E-state index contributed by atoms with van der Waals surface area (Å²) in [6.45, 7) is 1.16. The van der Waals surface area contributed by atoms with Crippen LogP contribution < -0.4 is 5.73 Å². The molecule has 5 nitrogen and oxygen atoms in total. The normalized spacial score (nSPS) is 24.2. The van der Waals surface area contributed by atoms with Crippen LogP contribution in [-0.4, -0.2) is 42.5 Å². The molecule has 1 aromatic carbocycles. The lowest BCUT2D eigenvalue weighted by molar-refractivity contribution is -0.152. The molecular weight excluding hydrogens is 268 g/mol. The first kappa shape index (κ1) is 14.1. The number of hydrogen-bond donors (Lipinski definition) is 1. The van der Waals surface area contributed by atoms with Crippen molar-refractivity contribution in [2.45, 2.75) is 30.8 Å². The Morgan fingerprint density at radius 3 is 2.52 bits per heavy atom. The van der Waals surface area contributed by atoms with Crippen molar-refractivity contribution in [3.63, 3.8) is 0 Å². The summed E-state index contributed by atoms with van der Waals surface area (Å²) in [5, 5.41) is 0. The van der Waals surface area contributed by atoms with Crippen molar-refractivity contribution in [3.8, 4) is 0 Å². The third-order valence-electron chi connectivity index (χ3n) is 4.61. The van der Waals surface area contributed by atoms with Crippen LogP contribution in [0.25, 0.3) is 0 Å². The van der Waals surface area contributed by atoms with Gasteiger partial charge in [0.05, 0.1) is 18.6 Å². The van der Waals surface area contributed by atoms with Crippen LogP contribution in [0.5, 0.6) is 0 Å². The first-order valence-electron chi connectivity index (χ1n) is 7.39. The highest BCUT2D eigenvalue weighted by Gasteiger charge is 2.48. The Morgan fingerprint density at radius 2 is 1.95 bits per heavy atom. The van der Waals surface area contributed by atoms with E-state index >= 15 is 0 Å². The summed E-state index contributed by atoms with van der Waals surface area (Å²) < 4.78 is 5.32. The zero-order chi connectivity index (χ0) is 14.9. The predicted molar refractivity (Wildman–Crippen MR) is 77.5 cm³/mol. The van der Waals surface area contributed by atoms with E-state index in [0.717, 1.165) is 24.8 Å². The largest absolute Gasteiger partial charge is 0.367 e. The number of carbonyl (C=O) groups excluding carboxylic acids is 2. The highest BCUT2D eigenvalue weighted by Crippen LogP contribution is 2.45. The van der Waals surface area contributed by atoms with E-state index < -0.39 is 17.4 Å². The van der Waals surface area contributed by atoms with Crippen molar-refractivity contribution in [1.82, 2.24) is 4.90 Å². The molecule has 2 fully saturated rings. The minimum atomic E-state index is -0.685. The van der Waals surface area contributed by atoms with Gasteiger partial charge in [-0.05, 0) is 18.4 Å². The Hall–Kier alpha value is -1.88. The standard InChI is InChI=1S/C16H20N2O3/c17-14(19)13-11-18(9-10-21-13)15(20)16(7-4-8-16)12-5-2-1-3-6-12/h1-3,5-6,13H,4,7-11H2,(H2,17,19). The minimum absolute atomic E-state index is 0.106. The van der Waals surface area contributed by atoms with Crippen molar-refractivity contribution in [2.24, 2.45) is 5.73 Å². The molecule has 1 heterocycles. The summed E-state index contributed by atoms with van der Waals surface area (Å²) in [7, 11) is 0. The van der Waals surface area contributed by atoms with Gasteiger partial charge in [-0.25, -0.2) is 0 Å². The molecule has 2 N–H and O–H groups in total. The fourth-order valence-electron chi connectivity index (χ4n) is 3.22. The first-order valence-corrected chi connectivity index (χ1v) is 7.39. The summed E-state index contributed by atoms with van der Waals surface area (Å²) in [4.78, 5) is 26.0. The number of ether oxygens (including phenoxy) is 1. The number of nitrogens with zero attached hydrogens (tertiary/aromatic N) is 1. The number of carbonyl (C=O) groups is 2. The van der Waals surface area contributed by atoms with Gasteiger partial charge < -0.3 is 15.4 Å². The van der Waals surface area contributed by atoms with Gasteiger partial charge in [-0.15, -0.1) is 0 Å². The van der Waals surface area contributed by atoms with Crippen LogP contribution in [0, 0.1) is 0 Å². The number of nitrogens with two attached hydrogens (primary N) is 1. The van der Waals surface area contributed by atoms with E-state index in [1.807, 2.05) is 30.3 Å². The van der Waals surface area contributed by atoms with Crippen LogP contribution in [0.1, 0.15) is 24.8 Å². The molecule has 0 radical (unpaired) electrons. The summed E-state index contributed by atoms with van der Waals surface area (Å²) in [5.74, 6) is -0.399. The number of amides is 2. The van der Waals surface area contributed by atoms with Crippen molar-refractivity contribution in [3.05, 3.63) is 35.9 Å². The van der Waals surface area contributed by atoms with E-state index in [1.54, 1.807) is 4.90 Å². The van der Waals surface area contributed by atoms with Crippen LogP contribution in [-0.2, 0) is 19.7 Å². The van der Waals surface area contributed by atoms with Crippen LogP contribution in [0.3, 0.4) is 0 Å².